The van der Waals surface area contributed by atoms with E-state index in [1.165, 1.54) is 71.5 Å². The van der Waals surface area contributed by atoms with Crippen molar-refractivity contribution < 1.29 is 0 Å². The number of aromatic nitrogens is 1. The first-order valence-corrected chi connectivity index (χ1v) is 10.4. The molecule has 0 spiro atoms. The second kappa shape index (κ2) is 5.97. The molecule has 0 bridgehead atoms. The fourth-order valence-electron chi connectivity index (χ4n) is 5.36. The van der Waals surface area contributed by atoms with Crippen LogP contribution in [-0.2, 0) is 0 Å². The largest absolute Gasteiger partial charge is 0.308 e. The summed E-state index contributed by atoms with van der Waals surface area (Å²) in [7, 11) is 0. The molecule has 144 valence electrons. The SMILES string of the molecule is C=c1c2c(C)c(C)cc(C)c2n2c3cc(C)cc(C)c3c3ccc(/C=C\C)c1c32. The normalized spacial score (nSPS) is 12.5. The fourth-order valence-corrected chi connectivity index (χ4v) is 5.36. The van der Waals surface area contributed by atoms with Crippen LogP contribution in [0, 0.1) is 34.6 Å². The van der Waals surface area contributed by atoms with Crippen LogP contribution in [0.3, 0.4) is 0 Å². The first-order valence-electron chi connectivity index (χ1n) is 10.4. The van der Waals surface area contributed by atoms with Crippen molar-refractivity contribution in [1.29, 1.82) is 0 Å². The van der Waals surface area contributed by atoms with Gasteiger partial charge in [-0.3, -0.25) is 0 Å². The Morgan fingerprint density at radius 1 is 0.793 bits per heavy atom. The molecule has 0 aliphatic rings. The summed E-state index contributed by atoms with van der Waals surface area (Å²) in [5.74, 6) is 0. The van der Waals surface area contributed by atoms with Gasteiger partial charge in [-0.05, 0) is 86.2 Å². The number of hydrogen-bond acceptors (Lipinski definition) is 0. The van der Waals surface area contributed by atoms with E-state index in [-0.39, 0.29) is 0 Å². The summed E-state index contributed by atoms with van der Waals surface area (Å²) in [5, 5.41) is 6.40. The molecule has 5 aromatic rings. The first kappa shape index (κ1) is 18.0. The number of rotatable bonds is 1. The van der Waals surface area contributed by atoms with Crippen LogP contribution in [0.25, 0.3) is 50.7 Å². The van der Waals surface area contributed by atoms with Crippen LogP contribution in [0.2, 0.25) is 0 Å². The van der Waals surface area contributed by atoms with E-state index in [2.05, 4.69) is 95.0 Å². The molecule has 0 unspecified atom stereocenters. The Balaban J connectivity index is 2.31. The molecular weight excluding hydrogens is 350 g/mol. The third-order valence-electron chi connectivity index (χ3n) is 6.59. The van der Waals surface area contributed by atoms with Crippen LogP contribution in [-0.4, -0.2) is 4.40 Å². The van der Waals surface area contributed by atoms with E-state index in [9.17, 15) is 0 Å². The van der Waals surface area contributed by atoms with E-state index < -0.39 is 0 Å². The molecule has 0 aliphatic heterocycles. The second-order valence-corrected chi connectivity index (χ2v) is 8.57. The summed E-state index contributed by atoms with van der Waals surface area (Å²) in [6.07, 6.45) is 4.33. The zero-order valence-electron chi connectivity index (χ0n) is 18.2. The number of benzene rings is 3. The zero-order valence-corrected chi connectivity index (χ0v) is 18.2. The van der Waals surface area contributed by atoms with Crippen molar-refractivity contribution in [2.75, 3.05) is 0 Å². The van der Waals surface area contributed by atoms with Gasteiger partial charge in [-0.1, -0.05) is 43.0 Å². The van der Waals surface area contributed by atoms with Crippen LogP contribution >= 0.6 is 0 Å². The van der Waals surface area contributed by atoms with Gasteiger partial charge in [0.15, 0.2) is 0 Å². The molecule has 0 fully saturated rings. The van der Waals surface area contributed by atoms with Crippen molar-refractivity contribution in [2.45, 2.75) is 41.5 Å². The topological polar surface area (TPSA) is 4.41 Å². The van der Waals surface area contributed by atoms with E-state index in [4.69, 9.17) is 0 Å². The molecule has 0 N–H and O–H groups in total. The Bertz CT molecular complexity index is 1560. The average Bonchev–Trinajstić information content (AvgIpc) is 2.98. The second-order valence-electron chi connectivity index (χ2n) is 8.57. The lowest BCUT2D eigenvalue weighted by atomic mass is 9.94. The van der Waals surface area contributed by atoms with E-state index >= 15 is 0 Å². The lowest BCUT2D eigenvalue weighted by Crippen LogP contribution is -2.11. The third kappa shape index (κ3) is 2.22. The van der Waals surface area contributed by atoms with Gasteiger partial charge in [0, 0.05) is 21.5 Å². The standard InChI is InChI=1S/C28H27N/c1-8-9-21-10-11-22-24-17(4)12-15(2)13-23(24)29-27-18(5)14-16(3)19(6)25(27)20(7)26(21)28(22)29/h8-14H,7H2,1-6H3/b9-8-. The van der Waals surface area contributed by atoms with Gasteiger partial charge in [0.25, 0.3) is 0 Å². The summed E-state index contributed by atoms with van der Waals surface area (Å²) < 4.78 is 2.51. The lowest BCUT2D eigenvalue weighted by molar-refractivity contribution is 1.26. The van der Waals surface area contributed by atoms with Crippen molar-refractivity contribution in [1.82, 2.24) is 4.40 Å². The van der Waals surface area contributed by atoms with Crippen LogP contribution in [0.5, 0.6) is 0 Å². The van der Waals surface area contributed by atoms with Gasteiger partial charge < -0.3 is 4.40 Å². The van der Waals surface area contributed by atoms with Gasteiger partial charge in [0.2, 0.25) is 0 Å². The van der Waals surface area contributed by atoms with E-state index in [0.29, 0.717) is 0 Å². The predicted octanol–water partition coefficient (Wildman–Crippen LogP) is 7.10. The number of hydrogen-bond donors (Lipinski definition) is 0. The highest BCUT2D eigenvalue weighted by Gasteiger charge is 2.20. The molecule has 1 heteroatoms. The average molecular weight is 378 g/mol. The van der Waals surface area contributed by atoms with Gasteiger partial charge >= 0.3 is 0 Å². The maximum absolute atomic E-state index is 4.63. The fraction of sp³-hybridized carbons (Fsp3) is 0.214. The van der Waals surface area contributed by atoms with E-state index in [1.807, 2.05) is 0 Å². The minimum Gasteiger partial charge on any atom is -0.308 e. The zero-order chi connectivity index (χ0) is 20.6. The molecule has 0 saturated heterocycles. The van der Waals surface area contributed by atoms with Crippen LogP contribution < -0.4 is 5.22 Å². The van der Waals surface area contributed by atoms with Gasteiger partial charge in [-0.2, -0.15) is 0 Å². The summed E-state index contributed by atoms with van der Waals surface area (Å²) in [4.78, 5) is 0. The quantitative estimate of drug-likeness (QED) is 0.274. The molecule has 0 aliphatic carbocycles. The molecule has 2 heterocycles. The minimum atomic E-state index is 1.15. The van der Waals surface area contributed by atoms with Crippen LogP contribution in [0.4, 0.5) is 0 Å². The van der Waals surface area contributed by atoms with Crippen LogP contribution in [0.1, 0.15) is 40.3 Å². The summed E-state index contributed by atoms with van der Waals surface area (Å²) in [5.41, 5.74) is 11.8. The van der Waals surface area contributed by atoms with Crippen molar-refractivity contribution in [3.8, 4) is 0 Å². The Morgan fingerprint density at radius 3 is 2.28 bits per heavy atom. The van der Waals surface area contributed by atoms with Crippen molar-refractivity contribution >= 4 is 50.7 Å². The minimum absolute atomic E-state index is 1.15. The molecule has 0 radical (unpaired) electrons. The molecule has 2 aromatic heterocycles. The highest BCUT2D eigenvalue weighted by Crippen LogP contribution is 2.39. The number of nitrogens with zero attached hydrogens (tertiary/aromatic N) is 1. The molecular formula is C28H27N. The third-order valence-corrected chi connectivity index (χ3v) is 6.59. The van der Waals surface area contributed by atoms with Crippen molar-refractivity contribution in [3.63, 3.8) is 0 Å². The molecule has 3 aromatic carbocycles. The summed E-state index contributed by atoms with van der Waals surface area (Å²) in [6.45, 7) is 17.8. The highest BCUT2D eigenvalue weighted by atomic mass is 14.9. The molecule has 0 atom stereocenters. The van der Waals surface area contributed by atoms with Gasteiger partial charge in [0.05, 0.1) is 16.6 Å². The van der Waals surface area contributed by atoms with E-state index in [1.54, 1.807) is 0 Å². The Labute approximate surface area is 171 Å². The predicted molar refractivity (Wildman–Crippen MR) is 129 cm³/mol. The molecule has 0 saturated carbocycles. The first-order chi connectivity index (χ1) is 13.8. The summed E-state index contributed by atoms with van der Waals surface area (Å²) >= 11 is 0. The lowest BCUT2D eigenvalue weighted by Gasteiger charge is -2.16. The maximum Gasteiger partial charge on any atom is 0.0625 e. The highest BCUT2D eigenvalue weighted by molar-refractivity contribution is 6.20. The molecule has 0 amide bonds. The molecule has 29 heavy (non-hydrogen) atoms. The van der Waals surface area contributed by atoms with Gasteiger partial charge in [-0.25, -0.2) is 0 Å². The smallest absolute Gasteiger partial charge is 0.0625 e. The van der Waals surface area contributed by atoms with Crippen LogP contribution in [0.15, 0.2) is 36.4 Å². The molecule has 1 nitrogen and oxygen atoms in total. The Hall–Kier alpha value is -3.06. The van der Waals surface area contributed by atoms with Crippen molar-refractivity contribution in [3.05, 3.63) is 75.0 Å². The number of fused-ring (bicyclic) bond motifs is 5. The monoisotopic (exact) mass is 377 g/mol. The van der Waals surface area contributed by atoms with Gasteiger partial charge in [-0.15, -0.1) is 0 Å². The van der Waals surface area contributed by atoms with Crippen molar-refractivity contribution in [2.24, 2.45) is 0 Å². The molecule has 5 rings (SSSR count). The summed E-state index contributed by atoms with van der Waals surface area (Å²) in [6, 6.07) is 11.5. The Morgan fingerprint density at radius 2 is 1.55 bits per heavy atom. The Kier molecular flexibility index (Phi) is 3.70. The van der Waals surface area contributed by atoms with Gasteiger partial charge in [0.1, 0.15) is 0 Å². The van der Waals surface area contributed by atoms with E-state index in [0.717, 1.165) is 5.22 Å². The number of pyridine rings is 1. The number of aryl methyl sites for hydroxylation is 5. The maximum atomic E-state index is 4.63. The number of allylic oxidation sites excluding steroid dienone is 1.